The largest absolute Gasteiger partial charge is 0.217 e. The van der Waals surface area contributed by atoms with Crippen LogP contribution >= 0.6 is 22.9 Å². The number of aryl methyl sites for hydroxylation is 1. The van der Waals surface area contributed by atoms with E-state index in [4.69, 9.17) is 11.6 Å². The van der Waals surface area contributed by atoms with Crippen LogP contribution in [0.15, 0.2) is 30.3 Å². The van der Waals surface area contributed by atoms with Crippen molar-refractivity contribution in [3.05, 3.63) is 46.2 Å². The van der Waals surface area contributed by atoms with Crippen LogP contribution in [0.3, 0.4) is 0 Å². The zero-order valence-electron chi connectivity index (χ0n) is 9.45. The van der Waals surface area contributed by atoms with Crippen molar-refractivity contribution < 1.29 is 4.39 Å². The fraction of sp³-hybridized carbons (Fsp3) is 0.0769. The standard InChI is InChI=1S/C13H8ClFN2S/c1-7-5-10-11(14)16-12(17-13(10)18-7)8-3-2-4-9(15)6-8/h2-6H,1H3. The lowest BCUT2D eigenvalue weighted by molar-refractivity contribution is 0.628. The lowest BCUT2D eigenvalue weighted by Gasteiger charge is -2.01. The van der Waals surface area contributed by atoms with Crippen molar-refractivity contribution >= 4 is 33.2 Å². The summed E-state index contributed by atoms with van der Waals surface area (Å²) in [7, 11) is 0. The lowest BCUT2D eigenvalue weighted by Crippen LogP contribution is -1.90. The Labute approximate surface area is 112 Å². The Kier molecular flexibility index (Phi) is 2.76. The van der Waals surface area contributed by atoms with E-state index in [9.17, 15) is 4.39 Å². The summed E-state index contributed by atoms with van der Waals surface area (Å²) in [6.07, 6.45) is 0. The average molecular weight is 279 g/mol. The average Bonchev–Trinajstić information content (AvgIpc) is 2.70. The summed E-state index contributed by atoms with van der Waals surface area (Å²) in [6.45, 7) is 1.99. The Morgan fingerprint density at radius 2 is 2.06 bits per heavy atom. The molecule has 1 aromatic carbocycles. The topological polar surface area (TPSA) is 25.8 Å². The fourth-order valence-corrected chi connectivity index (χ4v) is 2.92. The summed E-state index contributed by atoms with van der Waals surface area (Å²) in [5.41, 5.74) is 0.629. The highest BCUT2D eigenvalue weighted by Crippen LogP contribution is 2.30. The zero-order chi connectivity index (χ0) is 12.7. The molecule has 2 heterocycles. The molecule has 0 amide bonds. The van der Waals surface area contributed by atoms with Gasteiger partial charge in [0, 0.05) is 15.8 Å². The maximum atomic E-state index is 13.2. The molecule has 18 heavy (non-hydrogen) atoms. The number of benzene rings is 1. The molecule has 3 rings (SSSR count). The second kappa shape index (κ2) is 4.30. The fourth-order valence-electron chi connectivity index (χ4n) is 1.76. The molecule has 0 saturated heterocycles. The van der Waals surface area contributed by atoms with Crippen LogP contribution in [0.25, 0.3) is 21.6 Å². The summed E-state index contributed by atoms with van der Waals surface area (Å²) < 4.78 is 13.2. The van der Waals surface area contributed by atoms with Gasteiger partial charge in [0.1, 0.15) is 15.8 Å². The van der Waals surface area contributed by atoms with Gasteiger partial charge in [-0.2, -0.15) is 0 Å². The first-order chi connectivity index (χ1) is 8.63. The van der Waals surface area contributed by atoms with E-state index in [-0.39, 0.29) is 5.82 Å². The van der Waals surface area contributed by atoms with Crippen molar-refractivity contribution in [3.63, 3.8) is 0 Å². The Morgan fingerprint density at radius 3 is 2.83 bits per heavy atom. The van der Waals surface area contributed by atoms with Crippen LogP contribution in [-0.4, -0.2) is 9.97 Å². The summed E-state index contributed by atoms with van der Waals surface area (Å²) in [5, 5.41) is 1.25. The Bertz CT molecular complexity index is 739. The van der Waals surface area contributed by atoms with Gasteiger partial charge in [-0.25, -0.2) is 14.4 Å². The lowest BCUT2D eigenvalue weighted by atomic mass is 10.2. The molecule has 0 radical (unpaired) electrons. The minimum atomic E-state index is -0.310. The Morgan fingerprint density at radius 1 is 1.22 bits per heavy atom. The first kappa shape index (κ1) is 11.6. The predicted octanol–water partition coefficient (Wildman–Crippen LogP) is 4.46. The van der Waals surface area contributed by atoms with E-state index in [0.29, 0.717) is 16.5 Å². The number of hydrogen-bond donors (Lipinski definition) is 0. The molecule has 5 heteroatoms. The van der Waals surface area contributed by atoms with Crippen molar-refractivity contribution in [1.29, 1.82) is 0 Å². The van der Waals surface area contributed by atoms with Gasteiger partial charge in [-0.15, -0.1) is 11.3 Å². The summed E-state index contributed by atoms with van der Waals surface area (Å²) in [4.78, 5) is 10.6. The normalized spacial score (nSPS) is 11.1. The third kappa shape index (κ3) is 1.98. The first-order valence-electron chi connectivity index (χ1n) is 5.33. The number of fused-ring (bicyclic) bond motifs is 1. The van der Waals surface area contributed by atoms with Gasteiger partial charge in [-0.3, -0.25) is 0 Å². The summed E-state index contributed by atoms with van der Waals surface area (Å²) in [5.74, 6) is 0.142. The smallest absolute Gasteiger partial charge is 0.162 e. The van der Waals surface area contributed by atoms with E-state index in [0.717, 1.165) is 15.1 Å². The SMILES string of the molecule is Cc1cc2c(Cl)nc(-c3cccc(F)c3)nc2s1. The van der Waals surface area contributed by atoms with Crippen LogP contribution in [0.5, 0.6) is 0 Å². The van der Waals surface area contributed by atoms with Gasteiger partial charge in [0.2, 0.25) is 0 Å². The highest BCUT2D eigenvalue weighted by molar-refractivity contribution is 7.18. The van der Waals surface area contributed by atoms with Gasteiger partial charge < -0.3 is 0 Å². The van der Waals surface area contributed by atoms with Crippen molar-refractivity contribution in [2.75, 3.05) is 0 Å². The van der Waals surface area contributed by atoms with Crippen LogP contribution in [0.2, 0.25) is 5.15 Å². The Balaban J connectivity index is 2.24. The molecule has 0 atom stereocenters. The molecule has 2 nitrogen and oxygen atoms in total. The second-order valence-corrected chi connectivity index (χ2v) is 5.52. The van der Waals surface area contributed by atoms with Crippen LogP contribution in [0.1, 0.15) is 4.88 Å². The number of rotatable bonds is 1. The highest BCUT2D eigenvalue weighted by atomic mass is 35.5. The van der Waals surface area contributed by atoms with Crippen molar-refractivity contribution in [2.45, 2.75) is 6.92 Å². The molecule has 3 aromatic rings. The molecule has 0 fully saturated rings. The van der Waals surface area contributed by atoms with E-state index >= 15 is 0 Å². The maximum absolute atomic E-state index is 13.2. The number of hydrogen-bond acceptors (Lipinski definition) is 3. The maximum Gasteiger partial charge on any atom is 0.162 e. The molecule has 0 aliphatic heterocycles. The molecule has 90 valence electrons. The van der Waals surface area contributed by atoms with Gasteiger partial charge in [-0.1, -0.05) is 23.7 Å². The number of halogens is 2. The van der Waals surface area contributed by atoms with Crippen LogP contribution in [-0.2, 0) is 0 Å². The van der Waals surface area contributed by atoms with E-state index in [1.54, 1.807) is 23.5 Å². The highest BCUT2D eigenvalue weighted by Gasteiger charge is 2.10. The van der Waals surface area contributed by atoms with Gasteiger partial charge in [0.25, 0.3) is 0 Å². The first-order valence-corrected chi connectivity index (χ1v) is 6.52. The van der Waals surface area contributed by atoms with E-state index in [1.807, 2.05) is 13.0 Å². The van der Waals surface area contributed by atoms with Gasteiger partial charge in [0.15, 0.2) is 5.82 Å². The molecule has 0 bridgehead atoms. The van der Waals surface area contributed by atoms with E-state index in [1.165, 1.54) is 12.1 Å². The molecule has 2 aromatic heterocycles. The molecule has 0 aliphatic rings. The van der Waals surface area contributed by atoms with Gasteiger partial charge in [-0.05, 0) is 25.1 Å². The number of nitrogens with zero attached hydrogens (tertiary/aromatic N) is 2. The van der Waals surface area contributed by atoms with E-state index in [2.05, 4.69) is 9.97 Å². The minimum absolute atomic E-state index is 0.310. The van der Waals surface area contributed by atoms with Crippen LogP contribution in [0.4, 0.5) is 4.39 Å². The number of thiophene rings is 1. The van der Waals surface area contributed by atoms with Crippen LogP contribution < -0.4 is 0 Å². The summed E-state index contributed by atoms with van der Waals surface area (Å²) in [6, 6.07) is 8.14. The van der Waals surface area contributed by atoms with E-state index < -0.39 is 0 Å². The van der Waals surface area contributed by atoms with Crippen molar-refractivity contribution in [1.82, 2.24) is 9.97 Å². The Hall–Kier alpha value is -1.52. The third-order valence-electron chi connectivity index (χ3n) is 2.55. The monoisotopic (exact) mass is 278 g/mol. The second-order valence-electron chi connectivity index (χ2n) is 3.92. The van der Waals surface area contributed by atoms with Crippen molar-refractivity contribution in [2.24, 2.45) is 0 Å². The minimum Gasteiger partial charge on any atom is -0.217 e. The van der Waals surface area contributed by atoms with Gasteiger partial charge in [0.05, 0.1) is 0 Å². The quantitative estimate of drug-likeness (QED) is 0.614. The molecular weight excluding hydrogens is 271 g/mol. The van der Waals surface area contributed by atoms with Crippen LogP contribution in [0, 0.1) is 12.7 Å². The summed E-state index contributed by atoms with van der Waals surface area (Å²) >= 11 is 7.68. The molecule has 0 unspecified atom stereocenters. The predicted molar refractivity (Wildman–Crippen MR) is 72.6 cm³/mol. The molecule has 0 saturated carbocycles. The molecular formula is C13H8ClFN2S. The van der Waals surface area contributed by atoms with Crippen molar-refractivity contribution in [3.8, 4) is 11.4 Å². The molecule has 0 N–H and O–H groups in total. The molecule has 0 spiro atoms. The third-order valence-corrected chi connectivity index (χ3v) is 3.78. The van der Waals surface area contributed by atoms with Gasteiger partial charge >= 0.3 is 0 Å². The zero-order valence-corrected chi connectivity index (χ0v) is 11.0. The number of aromatic nitrogens is 2. The molecule has 0 aliphatic carbocycles.